The Hall–Kier alpha value is -2.78. The maximum absolute atomic E-state index is 12.0. The summed E-state index contributed by atoms with van der Waals surface area (Å²) < 4.78 is 38.0. The number of anilines is 1. The molecule has 2 N–H and O–H groups in total. The second-order valence-corrected chi connectivity index (χ2v) is 7.37. The molecule has 0 radical (unpaired) electrons. The standard InChI is InChI=1S/C17H21N3O5S/c1-20(2)26(22,23)19-13-7-5-6-12(10-13)17(18-21)15-9-8-14(24-3)11-16(15)25-4/h5-11,19,21H,1-4H3/b18-17-. The van der Waals surface area contributed by atoms with Crippen LogP contribution in [0.4, 0.5) is 5.69 Å². The molecule has 2 aromatic rings. The zero-order chi connectivity index (χ0) is 19.3. The van der Waals surface area contributed by atoms with E-state index in [1.807, 2.05) is 0 Å². The normalized spacial score (nSPS) is 12.1. The Kier molecular flexibility index (Phi) is 6.06. The van der Waals surface area contributed by atoms with Crippen LogP contribution < -0.4 is 14.2 Å². The van der Waals surface area contributed by atoms with Crippen LogP contribution in [0.5, 0.6) is 11.5 Å². The average Bonchev–Trinajstić information content (AvgIpc) is 2.62. The van der Waals surface area contributed by atoms with Gasteiger partial charge in [-0.1, -0.05) is 17.3 Å². The van der Waals surface area contributed by atoms with Gasteiger partial charge in [-0.15, -0.1) is 0 Å². The number of benzene rings is 2. The summed E-state index contributed by atoms with van der Waals surface area (Å²) in [6.07, 6.45) is 0. The lowest BCUT2D eigenvalue weighted by atomic mass is 10.0. The number of rotatable bonds is 7. The molecule has 8 nitrogen and oxygen atoms in total. The van der Waals surface area contributed by atoms with Gasteiger partial charge in [0.15, 0.2) is 0 Å². The van der Waals surface area contributed by atoms with Gasteiger partial charge < -0.3 is 14.7 Å². The lowest BCUT2D eigenvalue weighted by molar-refractivity contribution is 0.319. The largest absolute Gasteiger partial charge is 0.497 e. The number of methoxy groups -OCH3 is 2. The van der Waals surface area contributed by atoms with Crippen molar-refractivity contribution in [1.29, 1.82) is 0 Å². The molecular weight excluding hydrogens is 358 g/mol. The number of nitrogens with zero attached hydrogens (tertiary/aromatic N) is 2. The van der Waals surface area contributed by atoms with E-state index in [9.17, 15) is 13.6 Å². The predicted octanol–water partition coefficient (Wildman–Crippen LogP) is 2.15. The SMILES string of the molecule is COc1ccc(/C(=N\O)c2cccc(NS(=O)(=O)N(C)C)c2)c(OC)c1. The van der Waals surface area contributed by atoms with Gasteiger partial charge in [-0.2, -0.15) is 12.7 Å². The molecule has 0 unspecified atom stereocenters. The summed E-state index contributed by atoms with van der Waals surface area (Å²) in [5, 5.41) is 12.9. The van der Waals surface area contributed by atoms with Gasteiger partial charge in [0.2, 0.25) is 0 Å². The van der Waals surface area contributed by atoms with E-state index in [-0.39, 0.29) is 5.71 Å². The molecule has 2 aromatic carbocycles. The first-order valence-corrected chi connectivity index (χ1v) is 9.01. The number of nitrogens with one attached hydrogen (secondary N) is 1. The van der Waals surface area contributed by atoms with Gasteiger partial charge in [-0.05, 0) is 24.3 Å². The van der Waals surface area contributed by atoms with Crippen LogP contribution in [0.2, 0.25) is 0 Å². The molecule has 2 rings (SSSR count). The van der Waals surface area contributed by atoms with Crippen LogP contribution in [-0.4, -0.2) is 52.0 Å². The highest BCUT2D eigenvalue weighted by molar-refractivity contribution is 7.90. The average molecular weight is 379 g/mol. The summed E-state index contributed by atoms with van der Waals surface area (Å²) in [4.78, 5) is 0. The lowest BCUT2D eigenvalue weighted by Gasteiger charge is -2.15. The molecule has 0 fully saturated rings. The zero-order valence-electron chi connectivity index (χ0n) is 14.9. The van der Waals surface area contributed by atoms with E-state index in [1.54, 1.807) is 42.5 Å². The zero-order valence-corrected chi connectivity index (χ0v) is 15.7. The number of ether oxygens (including phenoxy) is 2. The summed E-state index contributed by atoms with van der Waals surface area (Å²) in [7, 11) is 2.24. The highest BCUT2D eigenvalue weighted by Gasteiger charge is 2.17. The van der Waals surface area contributed by atoms with Crippen molar-refractivity contribution < 1.29 is 23.1 Å². The summed E-state index contributed by atoms with van der Waals surface area (Å²) in [6.45, 7) is 0. The Labute approximate surface area is 152 Å². The summed E-state index contributed by atoms with van der Waals surface area (Å²) in [5.41, 5.74) is 1.61. The fraction of sp³-hybridized carbons (Fsp3) is 0.235. The van der Waals surface area contributed by atoms with Crippen LogP contribution in [0.1, 0.15) is 11.1 Å². The van der Waals surface area contributed by atoms with E-state index in [2.05, 4.69) is 9.88 Å². The molecule has 0 amide bonds. The van der Waals surface area contributed by atoms with Crippen LogP contribution in [0.3, 0.4) is 0 Å². The van der Waals surface area contributed by atoms with E-state index in [1.165, 1.54) is 28.3 Å². The first-order valence-electron chi connectivity index (χ1n) is 7.57. The van der Waals surface area contributed by atoms with Crippen LogP contribution >= 0.6 is 0 Å². The van der Waals surface area contributed by atoms with Crippen LogP contribution in [0.15, 0.2) is 47.6 Å². The monoisotopic (exact) mass is 379 g/mol. The van der Waals surface area contributed by atoms with Crippen molar-refractivity contribution in [2.75, 3.05) is 33.0 Å². The van der Waals surface area contributed by atoms with E-state index in [4.69, 9.17) is 9.47 Å². The third-order valence-corrected chi connectivity index (χ3v) is 5.08. The molecule has 9 heteroatoms. The molecular formula is C17H21N3O5S. The Morgan fingerprint density at radius 2 is 1.85 bits per heavy atom. The molecule has 0 aliphatic carbocycles. The molecule has 0 aliphatic rings. The smallest absolute Gasteiger partial charge is 0.301 e. The number of hydrogen-bond acceptors (Lipinski definition) is 6. The van der Waals surface area contributed by atoms with Crippen molar-refractivity contribution in [1.82, 2.24) is 4.31 Å². The van der Waals surface area contributed by atoms with Crippen molar-refractivity contribution in [3.63, 3.8) is 0 Å². The van der Waals surface area contributed by atoms with Crippen molar-refractivity contribution in [3.8, 4) is 11.5 Å². The fourth-order valence-corrected chi connectivity index (χ4v) is 2.84. The minimum atomic E-state index is -3.65. The summed E-state index contributed by atoms with van der Waals surface area (Å²) in [5.74, 6) is 1.05. The summed E-state index contributed by atoms with van der Waals surface area (Å²) >= 11 is 0. The number of hydrogen-bond donors (Lipinski definition) is 2. The third kappa shape index (κ3) is 4.24. The van der Waals surface area contributed by atoms with Gasteiger partial charge in [-0.25, -0.2) is 0 Å². The molecule has 0 atom stereocenters. The second-order valence-electron chi connectivity index (χ2n) is 5.49. The molecule has 0 heterocycles. The minimum absolute atomic E-state index is 0.232. The van der Waals surface area contributed by atoms with E-state index in [0.29, 0.717) is 28.3 Å². The quantitative estimate of drug-likeness (QED) is 0.436. The van der Waals surface area contributed by atoms with Crippen molar-refractivity contribution in [3.05, 3.63) is 53.6 Å². The molecule has 0 saturated carbocycles. The van der Waals surface area contributed by atoms with E-state index in [0.717, 1.165) is 4.31 Å². The lowest BCUT2D eigenvalue weighted by Crippen LogP contribution is -2.29. The van der Waals surface area contributed by atoms with Crippen LogP contribution in [0, 0.1) is 0 Å². The van der Waals surface area contributed by atoms with Crippen molar-refractivity contribution in [2.24, 2.45) is 5.16 Å². The molecule has 26 heavy (non-hydrogen) atoms. The van der Waals surface area contributed by atoms with E-state index < -0.39 is 10.2 Å². The molecule has 0 saturated heterocycles. The van der Waals surface area contributed by atoms with Crippen LogP contribution in [-0.2, 0) is 10.2 Å². The minimum Gasteiger partial charge on any atom is -0.497 e. The predicted molar refractivity (Wildman–Crippen MR) is 99.6 cm³/mol. The Balaban J connectivity index is 2.45. The highest BCUT2D eigenvalue weighted by atomic mass is 32.2. The van der Waals surface area contributed by atoms with Gasteiger partial charge in [0, 0.05) is 31.3 Å². The fourth-order valence-electron chi connectivity index (χ4n) is 2.23. The molecule has 0 bridgehead atoms. The molecule has 140 valence electrons. The highest BCUT2D eigenvalue weighted by Crippen LogP contribution is 2.28. The Bertz CT molecular complexity index is 910. The van der Waals surface area contributed by atoms with Gasteiger partial charge in [0.05, 0.1) is 19.9 Å². The maximum atomic E-state index is 12.0. The third-order valence-electron chi connectivity index (χ3n) is 3.63. The van der Waals surface area contributed by atoms with Gasteiger partial charge in [0.1, 0.15) is 17.2 Å². The van der Waals surface area contributed by atoms with Crippen molar-refractivity contribution >= 4 is 21.6 Å². The molecule has 0 aliphatic heterocycles. The number of oxime groups is 1. The van der Waals surface area contributed by atoms with E-state index >= 15 is 0 Å². The van der Waals surface area contributed by atoms with Gasteiger partial charge >= 0.3 is 10.2 Å². The van der Waals surface area contributed by atoms with Crippen LogP contribution in [0.25, 0.3) is 0 Å². The Morgan fingerprint density at radius 1 is 1.12 bits per heavy atom. The first kappa shape index (κ1) is 19.5. The Morgan fingerprint density at radius 3 is 2.42 bits per heavy atom. The first-order chi connectivity index (χ1) is 12.3. The molecule has 0 spiro atoms. The summed E-state index contributed by atoms with van der Waals surface area (Å²) in [6, 6.07) is 11.6. The van der Waals surface area contributed by atoms with Gasteiger partial charge in [-0.3, -0.25) is 4.72 Å². The van der Waals surface area contributed by atoms with Gasteiger partial charge in [0.25, 0.3) is 0 Å². The molecule has 0 aromatic heterocycles. The van der Waals surface area contributed by atoms with Crippen molar-refractivity contribution in [2.45, 2.75) is 0 Å². The topological polar surface area (TPSA) is 100 Å². The second kappa shape index (κ2) is 8.07. The maximum Gasteiger partial charge on any atom is 0.301 e.